The molecule has 2 aromatic rings. The second-order valence-corrected chi connectivity index (χ2v) is 6.01. The predicted molar refractivity (Wildman–Crippen MR) is 106 cm³/mol. The Hall–Kier alpha value is -3.35. The number of aryl methyl sites for hydroxylation is 1. The van der Waals surface area contributed by atoms with Gasteiger partial charge in [0.05, 0.1) is 12.2 Å². The largest absolute Gasteiger partial charge is 0.450 e. The van der Waals surface area contributed by atoms with Crippen LogP contribution in [0.15, 0.2) is 48.5 Å². The summed E-state index contributed by atoms with van der Waals surface area (Å²) in [5, 5.41) is 5.22. The Morgan fingerprint density at radius 3 is 2.32 bits per heavy atom. The number of anilines is 2. The summed E-state index contributed by atoms with van der Waals surface area (Å²) in [6.07, 6.45) is -0.693. The van der Waals surface area contributed by atoms with Gasteiger partial charge in [-0.25, -0.2) is 9.59 Å². The maximum Gasteiger partial charge on any atom is 0.411 e. The number of rotatable bonds is 7. The minimum absolute atomic E-state index is 0.209. The van der Waals surface area contributed by atoms with Gasteiger partial charge in [-0.05, 0) is 56.2 Å². The van der Waals surface area contributed by atoms with Crippen molar-refractivity contribution in [3.63, 3.8) is 0 Å². The summed E-state index contributed by atoms with van der Waals surface area (Å²) < 4.78 is 10.0. The number of esters is 1. The van der Waals surface area contributed by atoms with Gasteiger partial charge in [-0.2, -0.15) is 0 Å². The molecule has 148 valence electrons. The first-order valence-corrected chi connectivity index (χ1v) is 9.07. The zero-order chi connectivity index (χ0) is 20.5. The maximum atomic E-state index is 12.3. The number of carbonyl (C=O) groups excluding carboxylic acids is 3. The molecule has 0 radical (unpaired) electrons. The Balaban J connectivity index is 1.95. The molecule has 0 aliphatic heterocycles. The Morgan fingerprint density at radius 1 is 0.964 bits per heavy atom. The summed E-state index contributed by atoms with van der Waals surface area (Å²) in [7, 11) is 0. The van der Waals surface area contributed by atoms with Crippen LogP contribution >= 0.6 is 0 Å². The van der Waals surface area contributed by atoms with Crippen LogP contribution in [0.1, 0.15) is 36.7 Å². The van der Waals surface area contributed by atoms with E-state index in [9.17, 15) is 14.4 Å². The third kappa shape index (κ3) is 6.12. The standard InChI is InChI=1S/C21H24N2O5/c1-4-15-9-11-17(12-10-15)22-19(24)14(3)28-20(25)16-7-6-8-18(13-16)23-21(26)27-5-2/h6-14H,4-5H2,1-3H3,(H,22,24)(H,23,26). The Bertz CT molecular complexity index is 833. The van der Waals surface area contributed by atoms with Gasteiger partial charge in [0.15, 0.2) is 6.10 Å². The van der Waals surface area contributed by atoms with Crippen molar-refractivity contribution in [3.05, 3.63) is 59.7 Å². The van der Waals surface area contributed by atoms with Gasteiger partial charge in [0, 0.05) is 11.4 Å². The lowest BCUT2D eigenvalue weighted by Crippen LogP contribution is -2.30. The first kappa shape index (κ1) is 21.0. The summed E-state index contributed by atoms with van der Waals surface area (Å²) >= 11 is 0. The van der Waals surface area contributed by atoms with E-state index in [0.29, 0.717) is 11.4 Å². The first-order valence-electron chi connectivity index (χ1n) is 9.07. The zero-order valence-electron chi connectivity index (χ0n) is 16.2. The molecule has 28 heavy (non-hydrogen) atoms. The van der Waals surface area contributed by atoms with E-state index in [-0.39, 0.29) is 12.2 Å². The fourth-order valence-corrected chi connectivity index (χ4v) is 2.36. The molecule has 2 aromatic carbocycles. The summed E-state index contributed by atoms with van der Waals surface area (Å²) in [5.74, 6) is -1.10. The van der Waals surface area contributed by atoms with Crippen LogP contribution in [-0.2, 0) is 20.7 Å². The molecule has 0 fully saturated rings. The Labute approximate surface area is 164 Å². The summed E-state index contributed by atoms with van der Waals surface area (Å²) in [5.41, 5.74) is 2.39. The molecule has 0 aliphatic carbocycles. The van der Waals surface area contributed by atoms with Crippen LogP contribution in [0.5, 0.6) is 0 Å². The summed E-state index contributed by atoms with van der Waals surface area (Å²) in [4.78, 5) is 36.0. The molecule has 2 amide bonds. The highest BCUT2D eigenvalue weighted by molar-refractivity contribution is 5.98. The SMILES string of the molecule is CCOC(=O)Nc1cccc(C(=O)OC(C)C(=O)Nc2ccc(CC)cc2)c1. The Morgan fingerprint density at radius 2 is 1.68 bits per heavy atom. The van der Waals surface area contributed by atoms with Gasteiger partial charge < -0.3 is 14.8 Å². The van der Waals surface area contributed by atoms with Crippen molar-refractivity contribution < 1.29 is 23.9 Å². The van der Waals surface area contributed by atoms with Crippen LogP contribution in [0.2, 0.25) is 0 Å². The topological polar surface area (TPSA) is 93.7 Å². The van der Waals surface area contributed by atoms with Crippen molar-refractivity contribution in [1.29, 1.82) is 0 Å². The van der Waals surface area contributed by atoms with Crippen LogP contribution in [0.25, 0.3) is 0 Å². The molecule has 0 saturated carbocycles. The number of ether oxygens (including phenoxy) is 2. The van der Waals surface area contributed by atoms with Gasteiger partial charge in [-0.3, -0.25) is 10.1 Å². The molecular formula is C21H24N2O5. The lowest BCUT2D eigenvalue weighted by Gasteiger charge is -2.14. The fraction of sp³-hybridized carbons (Fsp3) is 0.286. The van der Waals surface area contributed by atoms with E-state index >= 15 is 0 Å². The van der Waals surface area contributed by atoms with Crippen LogP contribution < -0.4 is 10.6 Å². The van der Waals surface area contributed by atoms with E-state index in [0.717, 1.165) is 12.0 Å². The van der Waals surface area contributed by atoms with E-state index < -0.39 is 24.1 Å². The third-order valence-corrected chi connectivity index (χ3v) is 3.90. The maximum absolute atomic E-state index is 12.3. The van der Waals surface area contributed by atoms with E-state index in [2.05, 4.69) is 10.6 Å². The monoisotopic (exact) mass is 384 g/mol. The molecule has 0 spiro atoms. The van der Waals surface area contributed by atoms with Gasteiger partial charge in [0.25, 0.3) is 5.91 Å². The van der Waals surface area contributed by atoms with Crippen molar-refractivity contribution in [2.45, 2.75) is 33.3 Å². The molecular weight excluding hydrogens is 360 g/mol. The molecule has 7 heteroatoms. The molecule has 0 heterocycles. The third-order valence-electron chi connectivity index (χ3n) is 3.90. The molecule has 2 N–H and O–H groups in total. The number of benzene rings is 2. The smallest absolute Gasteiger partial charge is 0.411 e. The van der Waals surface area contributed by atoms with Gasteiger partial charge in [-0.1, -0.05) is 25.1 Å². The van der Waals surface area contributed by atoms with Crippen LogP contribution in [0.4, 0.5) is 16.2 Å². The minimum atomic E-state index is -0.986. The van der Waals surface area contributed by atoms with Gasteiger partial charge in [0.1, 0.15) is 0 Å². The average molecular weight is 384 g/mol. The number of nitrogens with one attached hydrogen (secondary N) is 2. The number of hydrogen-bond donors (Lipinski definition) is 2. The normalized spacial score (nSPS) is 11.2. The van der Waals surface area contributed by atoms with E-state index in [1.54, 1.807) is 31.2 Å². The lowest BCUT2D eigenvalue weighted by atomic mass is 10.1. The molecule has 1 unspecified atom stereocenters. The van der Waals surface area contributed by atoms with Crippen molar-refractivity contribution in [1.82, 2.24) is 0 Å². The molecule has 0 bridgehead atoms. The highest BCUT2D eigenvalue weighted by Crippen LogP contribution is 2.14. The van der Waals surface area contributed by atoms with E-state index in [1.165, 1.54) is 19.1 Å². The number of amides is 2. The van der Waals surface area contributed by atoms with Gasteiger partial charge in [-0.15, -0.1) is 0 Å². The summed E-state index contributed by atoms with van der Waals surface area (Å²) in [6.45, 7) is 5.47. The second-order valence-electron chi connectivity index (χ2n) is 6.01. The van der Waals surface area contributed by atoms with Crippen LogP contribution in [-0.4, -0.2) is 30.7 Å². The number of carbonyl (C=O) groups is 3. The highest BCUT2D eigenvalue weighted by Gasteiger charge is 2.19. The second kappa shape index (κ2) is 10.1. The Kier molecular flexibility index (Phi) is 7.56. The first-order chi connectivity index (χ1) is 13.4. The zero-order valence-corrected chi connectivity index (χ0v) is 16.2. The van der Waals surface area contributed by atoms with E-state index in [4.69, 9.17) is 9.47 Å². The molecule has 7 nitrogen and oxygen atoms in total. The van der Waals surface area contributed by atoms with Crippen LogP contribution in [0.3, 0.4) is 0 Å². The summed E-state index contributed by atoms with van der Waals surface area (Å²) in [6, 6.07) is 13.6. The minimum Gasteiger partial charge on any atom is -0.450 e. The van der Waals surface area contributed by atoms with Crippen molar-refractivity contribution in [3.8, 4) is 0 Å². The molecule has 1 atom stereocenters. The van der Waals surface area contributed by atoms with Crippen molar-refractivity contribution >= 4 is 29.3 Å². The van der Waals surface area contributed by atoms with Gasteiger partial charge >= 0.3 is 12.1 Å². The molecule has 0 saturated heterocycles. The lowest BCUT2D eigenvalue weighted by molar-refractivity contribution is -0.123. The molecule has 0 aliphatic rings. The van der Waals surface area contributed by atoms with E-state index in [1.807, 2.05) is 19.1 Å². The number of hydrogen-bond acceptors (Lipinski definition) is 5. The van der Waals surface area contributed by atoms with Crippen LogP contribution in [0, 0.1) is 0 Å². The quantitative estimate of drug-likeness (QED) is 0.704. The average Bonchev–Trinajstić information content (AvgIpc) is 2.68. The fourth-order valence-electron chi connectivity index (χ4n) is 2.36. The predicted octanol–water partition coefficient (Wildman–Crippen LogP) is 4.00. The highest BCUT2D eigenvalue weighted by atomic mass is 16.6. The van der Waals surface area contributed by atoms with Crippen molar-refractivity contribution in [2.75, 3.05) is 17.2 Å². The molecule has 2 rings (SSSR count). The van der Waals surface area contributed by atoms with Crippen molar-refractivity contribution in [2.24, 2.45) is 0 Å². The van der Waals surface area contributed by atoms with Gasteiger partial charge in [0.2, 0.25) is 0 Å². The molecule has 0 aromatic heterocycles.